The summed E-state index contributed by atoms with van der Waals surface area (Å²) in [5.74, 6) is 0.846. The van der Waals surface area contributed by atoms with Gasteiger partial charge in [-0.15, -0.1) is 4.40 Å². The highest BCUT2D eigenvalue weighted by atomic mass is 32.2. The Kier molecular flexibility index (Phi) is 4.89. The smallest absolute Gasteiger partial charge is 0.286 e. The lowest BCUT2D eigenvalue weighted by Crippen LogP contribution is -2.27. The summed E-state index contributed by atoms with van der Waals surface area (Å²) in [6.45, 7) is 2.21. The van der Waals surface area contributed by atoms with Gasteiger partial charge in [0.2, 0.25) is 5.91 Å². The van der Waals surface area contributed by atoms with Crippen LogP contribution in [0.1, 0.15) is 25.5 Å². The minimum Gasteiger partial charge on any atom is -0.467 e. The number of benzene rings is 1. The molecule has 0 bridgehead atoms. The van der Waals surface area contributed by atoms with Crippen molar-refractivity contribution < 1.29 is 17.6 Å². The number of carbonyl (C=O) groups is 1. The first-order valence-electron chi connectivity index (χ1n) is 7.93. The molecule has 1 amide bonds. The first kappa shape index (κ1) is 17.2. The summed E-state index contributed by atoms with van der Waals surface area (Å²) in [5.41, 5.74) is 0.516. The molecule has 1 aromatic carbocycles. The summed E-state index contributed by atoms with van der Waals surface area (Å²) < 4.78 is 33.4. The van der Waals surface area contributed by atoms with E-state index in [9.17, 15) is 13.2 Å². The third kappa shape index (κ3) is 4.27. The largest absolute Gasteiger partial charge is 0.467 e. The Morgan fingerprint density at radius 2 is 2.08 bits per heavy atom. The lowest BCUT2D eigenvalue weighted by atomic mass is 10.0. The fourth-order valence-electron chi connectivity index (χ4n) is 2.65. The van der Waals surface area contributed by atoms with Gasteiger partial charge < -0.3 is 15.1 Å². The second-order valence-corrected chi connectivity index (χ2v) is 7.58. The van der Waals surface area contributed by atoms with Crippen LogP contribution in [0.2, 0.25) is 0 Å². The molecule has 7 nitrogen and oxygen atoms in total. The van der Waals surface area contributed by atoms with Crippen molar-refractivity contribution in [2.45, 2.75) is 31.2 Å². The Balaban J connectivity index is 1.57. The molecule has 0 fully saturated rings. The van der Waals surface area contributed by atoms with E-state index in [-0.39, 0.29) is 23.1 Å². The molecule has 0 unspecified atom stereocenters. The van der Waals surface area contributed by atoms with Gasteiger partial charge in [0.1, 0.15) is 16.5 Å². The van der Waals surface area contributed by atoms with E-state index in [0.29, 0.717) is 30.2 Å². The van der Waals surface area contributed by atoms with Gasteiger partial charge in [-0.2, -0.15) is 8.42 Å². The van der Waals surface area contributed by atoms with Crippen LogP contribution in [0.5, 0.6) is 0 Å². The Morgan fingerprint density at radius 3 is 2.84 bits per heavy atom. The number of sulfonamides is 1. The first-order valence-corrected chi connectivity index (χ1v) is 9.37. The molecule has 1 aliphatic rings. The van der Waals surface area contributed by atoms with Crippen LogP contribution >= 0.6 is 0 Å². The van der Waals surface area contributed by atoms with Gasteiger partial charge in [-0.05, 0) is 30.2 Å². The van der Waals surface area contributed by atoms with Crippen molar-refractivity contribution >= 4 is 27.5 Å². The molecule has 0 saturated carbocycles. The Bertz CT molecular complexity index is 888. The summed E-state index contributed by atoms with van der Waals surface area (Å²) in [6.07, 6.45) is 2.18. The van der Waals surface area contributed by atoms with Crippen LogP contribution in [-0.2, 0) is 21.4 Å². The van der Waals surface area contributed by atoms with E-state index >= 15 is 0 Å². The maximum absolute atomic E-state index is 12.2. The van der Waals surface area contributed by atoms with E-state index in [1.807, 2.05) is 6.92 Å². The Hall–Kier alpha value is -2.61. The first-order chi connectivity index (χ1) is 11.9. The Morgan fingerprint density at radius 1 is 1.28 bits per heavy atom. The molecular formula is C17H19N3O4S. The number of furan rings is 1. The van der Waals surface area contributed by atoms with Crippen LogP contribution < -0.4 is 10.6 Å². The van der Waals surface area contributed by atoms with Gasteiger partial charge in [0.15, 0.2) is 0 Å². The van der Waals surface area contributed by atoms with Gasteiger partial charge in [0.05, 0.1) is 18.5 Å². The minimum absolute atomic E-state index is 0.0664. The maximum Gasteiger partial charge on any atom is 0.286 e. The average Bonchev–Trinajstić information content (AvgIpc) is 3.05. The van der Waals surface area contributed by atoms with Crippen LogP contribution in [0.25, 0.3) is 0 Å². The quantitative estimate of drug-likeness (QED) is 0.823. The summed E-state index contributed by atoms with van der Waals surface area (Å²) in [6, 6.07) is 10.2. The number of rotatable bonds is 6. The summed E-state index contributed by atoms with van der Waals surface area (Å²) in [4.78, 5) is 12.2. The number of nitrogens with zero attached hydrogens (tertiary/aromatic N) is 1. The van der Waals surface area contributed by atoms with Gasteiger partial charge in [0.25, 0.3) is 10.0 Å². The predicted molar refractivity (Wildman–Crippen MR) is 93.6 cm³/mol. The van der Waals surface area contributed by atoms with Crippen LogP contribution in [0.4, 0.5) is 5.69 Å². The number of nitrogens with one attached hydrogen (secondary N) is 2. The number of amides is 1. The predicted octanol–water partition coefficient (Wildman–Crippen LogP) is 2.53. The van der Waals surface area contributed by atoms with E-state index in [2.05, 4.69) is 15.0 Å². The lowest BCUT2D eigenvalue weighted by Gasteiger charge is -2.20. The van der Waals surface area contributed by atoms with Gasteiger partial charge >= 0.3 is 0 Å². The van der Waals surface area contributed by atoms with Gasteiger partial charge in [-0.1, -0.05) is 19.1 Å². The normalized spacial score (nSPS) is 16.3. The number of hydrogen-bond acceptors (Lipinski definition) is 5. The summed E-state index contributed by atoms with van der Waals surface area (Å²) >= 11 is 0. The van der Waals surface area contributed by atoms with Crippen molar-refractivity contribution in [3.05, 3.63) is 48.4 Å². The fraction of sp³-hybridized carbons (Fsp3) is 0.294. The van der Waals surface area contributed by atoms with E-state index in [0.717, 1.165) is 0 Å². The summed E-state index contributed by atoms with van der Waals surface area (Å²) in [5, 5.41) is 5.81. The summed E-state index contributed by atoms with van der Waals surface area (Å²) in [7, 11) is -3.69. The topological polar surface area (TPSA) is 101 Å². The third-order valence-corrected chi connectivity index (χ3v) is 5.16. The molecule has 25 heavy (non-hydrogen) atoms. The van der Waals surface area contributed by atoms with E-state index < -0.39 is 10.0 Å². The number of hydrogen-bond donors (Lipinski definition) is 2. The SMILES string of the molecule is C[C@H](CC(=O)NCc1ccco1)CC1=NS(=O)(=O)c2ccccc2N1. The number of para-hydroxylation sites is 1. The molecule has 0 aliphatic carbocycles. The molecule has 0 saturated heterocycles. The average molecular weight is 361 g/mol. The number of carbonyl (C=O) groups excluding carboxylic acids is 1. The molecule has 0 spiro atoms. The molecule has 3 rings (SSSR count). The van der Waals surface area contributed by atoms with Crippen molar-refractivity contribution in [2.24, 2.45) is 10.3 Å². The highest BCUT2D eigenvalue weighted by Crippen LogP contribution is 2.28. The molecule has 0 radical (unpaired) electrons. The molecule has 1 aromatic heterocycles. The minimum atomic E-state index is -3.69. The van der Waals surface area contributed by atoms with Crippen molar-refractivity contribution in [1.29, 1.82) is 0 Å². The standard InChI is InChI=1S/C17H19N3O4S/c1-12(10-17(21)18-11-13-5-4-8-24-13)9-16-19-14-6-2-3-7-15(14)25(22,23)20-16/h2-8,12H,9-11H2,1H3,(H,18,21)(H,19,20)/t12-/m0/s1. The number of anilines is 1. The second kappa shape index (κ2) is 7.10. The zero-order valence-corrected chi connectivity index (χ0v) is 14.5. The van der Waals surface area contributed by atoms with E-state index in [1.54, 1.807) is 36.6 Å². The maximum atomic E-state index is 12.2. The molecule has 2 aromatic rings. The van der Waals surface area contributed by atoms with Gasteiger partial charge in [-0.3, -0.25) is 4.79 Å². The number of fused-ring (bicyclic) bond motifs is 1. The molecule has 1 atom stereocenters. The lowest BCUT2D eigenvalue weighted by molar-refractivity contribution is -0.122. The highest BCUT2D eigenvalue weighted by molar-refractivity contribution is 7.90. The van der Waals surface area contributed by atoms with Gasteiger partial charge in [0, 0.05) is 12.8 Å². The highest BCUT2D eigenvalue weighted by Gasteiger charge is 2.25. The van der Waals surface area contributed by atoms with E-state index in [1.165, 1.54) is 6.07 Å². The van der Waals surface area contributed by atoms with Crippen LogP contribution in [-0.4, -0.2) is 20.2 Å². The van der Waals surface area contributed by atoms with Gasteiger partial charge in [-0.25, -0.2) is 0 Å². The molecule has 2 heterocycles. The molecular weight excluding hydrogens is 342 g/mol. The number of amidine groups is 1. The Labute approximate surface area is 146 Å². The van der Waals surface area contributed by atoms with Crippen molar-refractivity contribution in [2.75, 3.05) is 5.32 Å². The second-order valence-electron chi connectivity index (χ2n) is 6.00. The molecule has 8 heteroatoms. The zero-order chi connectivity index (χ0) is 17.9. The monoisotopic (exact) mass is 361 g/mol. The molecule has 132 valence electrons. The molecule has 1 aliphatic heterocycles. The molecule has 2 N–H and O–H groups in total. The van der Waals surface area contributed by atoms with Crippen molar-refractivity contribution in [3.8, 4) is 0 Å². The van der Waals surface area contributed by atoms with Crippen molar-refractivity contribution in [3.63, 3.8) is 0 Å². The van der Waals surface area contributed by atoms with Crippen molar-refractivity contribution in [1.82, 2.24) is 5.32 Å². The zero-order valence-electron chi connectivity index (χ0n) is 13.7. The van der Waals surface area contributed by atoms with E-state index in [4.69, 9.17) is 4.42 Å². The van der Waals surface area contributed by atoms with Crippen LogP contribution in [0.3, 0.4) is 0 Å². The third-order valence-electron chi connectivity index (χ3n) is 3.79. The fourth-order valence-corrected chi connectivity index (χ4v) is 3.80. The van der Waals surface area contributed by atoms with Crippen LogP contribution in [0, 0.1) is 5.92 Å². The van der Waals surface area contributed by atoms with Crippen LogP contribution in [0.15, 0.2) is 56.4 Å².